The monoisotopic (exact) mass is 466 g/mol. The quantitative estimate of drug-likeness (QED) is 0.595. The van der Waals surface area contributed by atoms with E-state index in [0.29, 0.717) is 5.56 Å². The van der Waals surface area contributed by atoms with Crippen molar-refractivity contribution >= 4 is 21.8 Å². The lowest BCUT2D eigenvalue weighted by molar-refractivity contribution is 0.0908. The smallest absolute Gasteiger partial charge is 0.254 e. The molecule has 1 aliphatic rings. The third kappa shape index (κ3) is 4.82. The first-order valence-electron chi connectivity index (χ1n) is 10.4. The van der Waals surface area contributed by atoms with Gasteiger partial charge in [-0.05, 0) is 56.5 Å². The van der Waals surface area contributed by atoms with E-state index in [4.69, 9.17) is 0 Å². The molecule has 4 rings (SSSR count). The Morgan fingerprint density at radius 2 is 1.87 bits per heavy atom. The third-order valence-corrected chi connectivity index (χ3v) is 6.27. The Morgan fingerprint density at radius 3 is 2.57 bits per heavy atom. The number of carbonyl (C=O) groups excluding carboxylic acids is 1. The fourth-order valence-electron chi connectivity index (χ4n) is 4.04. The number of amides is 1. The van der Waals surface area contributed by atoms with Crippen LogP contribution in [0.2, 0.25) is 0 Å². The standard InChI is InChI=1S/C24H27BrN4O/c1-17-4-3-5-19(14-17)16-28-12-10-21(11-13-28)27-24(30)23-15-26-29(18(23)2)22-8-6-20(25)7-9-22/h3-9,14-15,21H,10-13,16H2,1-2H3,(H,27,30). The van der Waals surface area contributed by atoms with Crippen molar-refractivity contribution in [2.75, 3.05) is 13.1 Å². The molecule has 1 amide bonds. The Kier molecular flexibility index (Phi) is 6.35. The first-order valence-corrected chi connectivity index (χ1v) is 11.2. The van der Waals surface area contributed by atoms with Crippen molar-refractivity contribution in [3.05, 3.63) is 81.6 Å². The number of hydrogen-bond acceptors (Lipinski definition) is 3. The van der Waals surface area contributed by atoms with Crippen LogP contribution in [0.15, 0.2) is 59.2 Å². The van der Waals surface area contributed by atoms with Crippen molar-refractivity contribution in [3.8, 4) is 5.69 Å². The molecule has 1 aromatic heterocycles. The molecule has 6 heteroatoms. The molecule has 30 heavy (non-hydrogen) atoms. The van der Waals surface area contributed by atoms with E-state index < -0.39 is 0 Å². The van der Waals surface area contributed by atoms with Crippen LogP contribution in [0.3, 0.4) is 0 Å². The molecule has 2 heterocycles. The Bertz CT molecular complexity index is 1020. The van der Waals surface area contributed by atoms with Crippen LogP contribution in [0.4, 0.5) is 0 Å². The van der Waals surface area contributed by atoms with Crippen LogP contribution in [-0.2, 0) is 6.54 Å². The lowest BCUT2D eigenvalue weighted by atomic mass is 10.0. The number of piperidine rings is 1. The van der Waals surface area contributed by atoms with E-state index in [2.05, 4.69) is 62.4 Å². The normalized spacial score (nSPS) is 15.3. The van der Waals surface area contributed by atoms with Gasteiger partial charge in [0.1, 0.15) is 0 Å². The minimum absolute atomic E-state index is 0.0343. The lowest BCUT2D eigenvalue weighted by Gasteiger charge is -2.32. The van der Waals surface area contributed by atoms with E-state index in [-0.39, 0.29) is 11.9 Å². The number of hydrogen-bond donors (Lipinski definition) is 1. The lowest BCUT2D eigenvalue weighted by Crippen LogP contribution is -2.44. The molecular weight excluding hydrogens is 440 g/mol. The molecule has 0 saturated carbocycles. The van der Waals surface area contributed by atoms with Gasteiger partial charge in [-0.15, -0.1) is 0 Å². The fourth-order valence-corrected chi connectivity index (χ4v) is 4.31. The van der Waals surface area contributed by atoms with Gasteiger partial charge in [-0.25, -0.2) is 4.68 Å². The van der Waals surface area contributed by atoms with Crippen molar-refractivity contribution in [2.45, 2.75) is 39.3 Å². The van der Waals surface area contributed by atoms with Crippen molar-refractivity contribution < 1.29 is 4.79 Å². The van der Waals surface area contributed by atoms with Gasteiger partial charge in [0.2, 0.25) is 0 Å². The number of aryl methyl sites for hydroxylation is 1. The molecule has 156 valence electrons. The van der Waals surface area contributed by atoms with E-state index in [1.165, 1.54) is 11.1 Å². The molecule has 0 bridgehead atoms. The van der Waals surface area contributed by atoms with Crippen LogP contribution in [0.25, 0.3) is 5.69 Å². The van der Waals surface area contributed by atoms with Gasteiger partial charge in [-0.2, -0.15) is 5.10 Å². The molecule has 0 radical (unpaired) electrons. The number of nitrogens with one attached hydrogen (secondary N) is 1. The largest absolute Gasteiger partial charge is 0.349 e. The summed E-state index contributed by atoms with van der Waals surface area (Å²) in [6, 6.07) is 16.8. The molecule has 0 spiro atoms. The minimum atomic E-state index is -0.0343. The zero-order valence-electron chi connectivity index (χ0n) is 17.4. The van der Waals surface area contributed by atoms with Crippen molar-refractivity contribution in [3.63, 3.8) is 0 Å². The fraction of sp³-hybridized carbons (Fsp3) is 0.333. The second kappa shape index (κ2) is 9.14. The molecule has 1 saturated heterocycles. The molecule has 0 aliphatic carbocycles. The number of rotatable bonds is 5. The summed E-state index contributed by atoms with van der Waals surface area (Å²) in [5.41, 5.74) is 5.09. The molecule has 1 fully saturated rings. The summed E-state index contributed by atoms with van der Waals surface area (Å²) in [7, 11) is 0. The molecule has 1 N–H and O–H groups in total. The Hall–Kier alpha value is -2.44. The van der Waals surface area contributed by atoms with Gasteiger partial charge in [-0.1, -0.05) is 45.8 Å². The average molecular weight is 467 g/mol. The molecule has 0 unspecified atom stereocenters. The molecule has 2 aromatic carbocycles. The zero-order valence-corrected chi connectivity index (χ0v) is 19.0. The zero-order chi connectivity index (χ0) is 21.1. The number of halogens is 1. The predicted molar refractivity (Wildman–Crippen MR) is 123 cm³/mol. The summed E-state index contributed by atoms with van der Waals surface area (Å²) in [5.74, 6) is -0.0343. The molecule has 1 aliphatic heterocycles. The van der Waals surface area contributed by atoms with Crippen molar-refractivity contribution in [1.29, 1.82) is 0 Å². The van der Waals surface area contributed by atoms with Gasteiger partial charge < -0.3 is 5.32 Å². The highest BCUT2D eigenvalue weighted by molar-refractivity contribution is 9.10. The number of aromatic nitrogens is 2. The van der Waals surface area contributed by atoms with Gasteiger partial charge in [0.05, 0.1) is 23.1 Å². The van der Waals surface area contributed by atoms with Gasteiger partial charge >= 0.3 is 0 Å². The number of likely N-dealkylation sites (tertiary alicyclic amines) is 1. The number of nitrogens with zero attached hydrogens (tertiary/aromatic N) is 3. The van der Waals surface area contributed by atoms with Gasteiger partial charge in [-0.3, -0.25) is 9.69 Å². The second-order valence-corrected chi connectivity index (χ2v) is 8.96. The molecular formula is C24H27BrN4O. The number of carbonyl (C=O) groups is 1. The third-order valence-electron chi connectivity index (χ3n) is 5.74. The first-order chi connectivity index (χ1) is 14.5. The summed E-state index contributed by atoms with van der Waals surface area (Å²) < 4.78 is 2.83. The molecule has 3 aromatic rings. The van der Waals surface area contributed by atoms with Crippen LogP contribution in [0.1, 0.15) is 40.0 Å². The Labute approximate surface area is 186 Å². The predicted octanol–water partition coefficient (Wildman–Crippen LogP) is 4.65. The van der Waals surface area contributed by atoms with Crippen molar-refractivity contribution in [1.82, 2.24) is 20.0 Å². The first kappa shape index (κ1) is 20.8. The van der Waals surface area contributed by atoms with E-state index in [1.807, 2.05) is 35.9 Å². The van der Waals surface area contributed by atoms with Gasteiger partial charge in [0, 0.05) is 30.1 Å². The van der Waals surface area contributed by atoms with Crippen molar-refractivity contribution in [2.24, 2.45) is 0 Å². The van der Waals surface area contributed by atoms with Crippen LogP contribution < -0.4 is 5.32 Å². The number of benzene rings is 2. The maximum Gasteiger partial charge on any atom is 0.254 e. The summed E-state index contributed by atoms with van der Waals surface area (Å²) in [5, 5.41) is 7.65. The highest BCUT2D eigenvalue weighted by Crippen LogP contribution is 2.19. The summed E-state index contributed by atoms with van der Waals surface area (Å²) in [4.78, 5) is 15.3. The van der Waals surface area contributed by atoms with Crippen LogP contribution >= 0.6 is 15.9 Å². The van der Waals surface area contributed by atoms with Crippen LogP contribution in [0, 0.1) is 13.8 Å². The van der Waals surface area contributed by atoms with E-state index in [1.54, 1.807) is 6.20 Å². The molecule has 5 nitrogen and oxygen atoms in total. The average Bonchev–Trinajstić information content (AvgIpc) is 3.11. The maximum atomic E-state index is 12.9. The second-order valence-electron chi connectivity index (χ2n) is 8.04. The Balaban J connectivity index is 1.33. The molecule has 0 atom stereocenters. The van der Waals surface area contributed by atoms with E-state index >= 15 is 0 Å². The topological polar surface area (TPSA) is 50.2 Å². The van der Waals surface area contributed by atoms with Gasteiger partial charge in [0.25, 0.3) is 5.91 Å². The Morgan fingerprint density at radius 1 is 1.13 bits per heavy atom. The maximum absolute atomic E-state index is 12.9. The highest BCUT2D eigenvalue weighted by Gasteiger charge is 2.23. The van der Waals surface area contributed by atoms with E-state index in [9.17, 15) is 4.79 Å². The summed E-state index contributed by atoms with van der Waals surface area (Å²) in [6.45, 7) is 7.04. The summed E-state index contributed by atoms with van der Waals surface area (Å²) in [6.07, 6.45) is 3.61. The summed E-state index contributed by atoms with van der Waals surface area (Å²) >= 11 is 3.45. The van der Waals surface area contributed by atoms with Crippen LogP contribution in [0.5, 0.6) is 0 Å². The SMILES string of the molecule is Cc1cccc(CN2CCC(NC(=O)c3cnn(-c4ccc(Br)cc4)c3C)CC2)c1. The van der Waals surface area contributed by atoms with Gasteiger partial charge in [0.15, 0.2) is 0 Å². The van der Waals surface area contributed by atoms with E-state index in [0.717, 1.165) is 48.3 Å². The minimum Gasteiger partial charge on any atom is -0.349 e. The van der Waals surface area contributed by atoms with Crippen LogP contribution in [-0.4, -0.2) is 39.7 Å². The highest BCUT2D eigenvalue weighted by atomic mass is 79.9.